The smallest absolute Gasteiger partial charge is 0.213 e. The maximum absolute atomic E-state index is 5.69. The van der Waals surface area contributed by atoms with Gasteiger partial charge in [0.1, 0.15) is 0 Å². The van der Waals surface area contributed by atoms with Crippen molar-refractivity contribution in [2.75, 3.05) is 25.6 Å². The summed E-state index contributed by atoms with van der Waals surface area (Å²) in [7, 11) is 0. The van der Waals surface area contributed by atoms with Gasteiger partial charge in [0.25, 0.3) is 0 Å². The summed E-state index contributed by atoms with van der Waals surface area (Å²) in [6.45, 7) is 4.38. The second-order valence-corrected chi connectivity index (χ2v) is 4.25. The molecule has 16 heavy (non-hydrogen) atoms. The van der Waals surface area contributed by atoms with Crippen molar-refractivity contribution >= 4 is 5.69 Å². The Labute approximate surface area is 95.8 Å². The van der Waals surface area contributed by atoms with Crippen LogP contribution in [0, 0.1) is 12.8 Å². The van der Waals surface area contributed by atoms with Gasteiger partial charge in [0.2, 0.25) is 5.88 Å². The molecule has 1 aliphatic heterocycles. The highest BCUT2D eigenvalue weighted by Crippen LogP contribution is 2.18. The molecule has 2 N–H and O–H groups in total. The topological polar surface area (TPSA) is 57.4 Å². The van der Waals surface area contributed by atoms with Gasteiger partial charge >= 0.3 is 0 Å². The molecule has 0 radical (unpaired) electrons. The quantitative estimate of drug-likeness (QED) is 0.847. The normalized spacial score (nSPS) is 17.3. The van der Waals surface area contributed by atoms with Gasteiger partial charge in [-0.05, 0) is 31.2 Å². The molecule has 0 aromatic carbocycles. The summed E-state index contributed by atoms with van der Waals surface area (Å²) in [6, 6.07) is 1.88. The molecule has 0 atom stereocenters. The molecular formula is C12H18N2O2. The fourth-order valence-electron chi connectivity index (χ4n) is 1.74. The van der Waals surface area contributed by atoms with Gasteiger partial charge in [-0.1, -0.05) is 0 Å². The van der Waals surface area contributed by atoms with Crippen molar-refractivity contribution in [3.05, 3.63) is 17.8 Å². The molecule has 4 nitrogen and oxygen atoms in total. The predicted molar refractivity (Wildman–Crippen MR) is 62.4 cm³/mol. The zero-order chi connectivity index (χ0) is 11.4. The van der Waals surface area contributed by atoms with Crippen LogP contribution in [0.1, 0.15) is 18.4 Å². The van der Waals surface area contributed by atoms with Crippen LogP contribution in [0.15, 0.2) is 12.3 Å². The van der Waals surface area contributed by atoms with Gasteiger partial charge in [-0.25, -0.2) is 4.98 Å². The van der Waals surface area contributed by atoms with Crippen molar-refractivity contribution in [1.82, 2.24) is 4.98 Å². The minimum Gasteiger partial charge on any atom is -0.477 e. The molecule has 88 valence electrons. The first-order valence-electron chi connectivity index (χ1n) is 5.68. The lowest BCUT2D eigenvalue weighted by atomic mass is 10.0. The number of hydrogen-bond donors (Lipinski definition) is 1. The molecule has 1 saturated heterocycles. The lowest BCUT2D eigenvalue weighted by Crippen LogP contribution is -2.21. The highest BCUT2D eigenvalue weighted by molar-refractivity contribution is 5.45. The average Bonchev–Trinajstić information content (AvgIpc) is 2.32. The van der Waals surface area contributed by atoms with Crippen LogP contribution < -0.4 is 10.5 Å². The Bertz CT molecular complexity index is 349. The predicted octanol–water partition coefficient (Wildman–Crippen LogP) is 1.78. The number of hydrogen-bond acceptors (Lipinski definition) is 4. The number of aromatic nitrogens is 1. The van der Waals surface area contributed by atoms with Crippen LogP contribution in [0.4, 0.5) is 5.69 Å². The number of ether oxygens (including phenoxy) is 2. The van der Waals surface area contributed by atoms with Gasteiger partial charge < -0.3 is 15.2 Å². The number of nitrogen functional groups attached to an aromatic ring is 1. The minimum atomic E-state index is 0.591. The summed E-state index contributed by atoms with van der Waals surface area (Å²) in [5.41, 5.74) is 7.41. The Morgan fingerprint density at radius 2 is 2.25 bits per heavy atom. The first-order chi connectivity index (χ1) is 7.75. The summed E-state index contributed by atoms with van der Waals surface area (Å²) in [5.74, 6) is 1.26. The summed E-state index contributed by atoms with van der Waals surface area (Å²) in [5, 5.41) is 0. The highest BCUT2D eigenvalue weighted by atomic mass is 16.5. The molecule has 1 aliphatic rings. The first-order valence-corrected chi connectivity index (χ1v) is 5.68. The lowest BCUT2D eigenvalue weighted by Gasteiger charge is -2.21. The fourth-order valence-corrected chi connectivity index (χ4v) is 1.74. The molecule has 1 aromatic rings. The SMILES string of the molecule is Cc1cc(OCC2CCOCC2)ncc1N. The maximum Gasteiger partial charge on any atom is 0.213 e. The monoisotopic (exact) mass is 222 g/mol. The zero-order valence-electron chi connectivity index (χ0n) is 9.61. The lowest BCUT2D eigenvalue weighted by molar-refractivity contribution is 0.0490. The Hall–Kier alpha value is -1.29. The van der Waals surface area contributed by atoms with Crippen LogP contribution in [0.5, 0.6) is 5.88 Å². The van der Waals surface area contributed by atoms with E-state index in [4.69, 9.17) is 15.2 Å². The second-order valence-electron chi connectivity index (χ2n) is 4.25. The number of pyridine rings is 1. The minimum absolute atomic E-state index is 0.591. The fraction of sp³-hybridized carbons (Fsp3) is 0.583. The number of aryl methyl sites for hydroxylation is 1. The Kier molecular flexibility index (Phi) is 3.62. The van der Waals surface area contributed by atoms with E-state index in [1.807, 2.05) is 13.0 Å². The van der Waals surface area contributed by atoms with E-state index in [2.05, 4.69) is 4.98 Å². The van der Waals surface area contributed by atoms with E-state index < -0.39 is 0 Å². The van der Waals surface area contributed by atoms with Gasteiger partial charge in [0.15, 0.2) is 0 Å². The van der Waals surface area contributed by atoms with Crippen molar-refractivity contribution in [2.45, 2.75) is 19.8 Å². The molecule has 1 aromatic heterocycles. The van der Waals surface area contributed by atoms with Crippen LogP contribution >= 0.6 is 0 Å². The van der Waals surface area contributed by atoms with Crippen LogP contribution in [0.2, 0.25) is 0 Å². The van der Waals surface area contributed by atoms with Gasteiger partial charge in [-0.3, -0.25) is 0 Å². The van der Waals surface area contributed by atoms with Crippen LogP contribution in [0.25, 0.3) is 0 Å². The molecule has 0 bridgehead atoms. The number of anilines is 1. The first kappa shape index (κ1) is 11.2. The average molecular weight is 222 g/mol. The van der Waals surface area contributed by atoms with E-state index >= 15 is 0 Å². The van der Waals surface area contributed by atoms with Gasteiger partial charge in [-0.15, -0.1) is 0 Å². The molecule has 0 unspecified atom stereocenters. The third-order valence-corrected chi connectivity index (χ3v) is 2.93. The van der Waals surface area contributed by atoms with Crippen molar-refractivity contribution in [1.29, 1.82) is 0 Å². The van der Waals surface area contributed by atoms with Gasteiger partial charge in [-0.2, -0.15) is 0 Å². The van der Waals surface area contributed by atoms with Gasteiger partial charge in [0.05, 0.1) is 18.5 Å². The van der Waals surface area contributed by atoms with E-state index in [1.165, 1.54) is 0 Å². The number of rotatable bonds is 3. The largest absolute Gasteiger partial charge is 0.477 e. The van der Waals surface area contributed by atoms with Crippen molar-refractivity contribution in [3.8, 4) is 5.88 Å². The summed E-state index contributed by atoms with van der Waals surface area (Å²) >= 11 is 0. The Morgan fingerprint density at radius 1 is 1.50 bits per heavy atom. The molecule has 4 heteroatoms. The van der Waals surface area contributed by atoms with Crippen LogP contribution in [-0.2, 0) is 4.74 Å². The molecule has 1 fully saturated rings. The van der Waals surface area contributed by atoms with E-state index in [1.54, 1.807) is 6.20 Å². The molecular weight excluding hydrogens is 204 g/mol. The third kappa shape index (κ3) is 2.85. The van der Waals surface area contributed by atoms with E-state index in [9.17, 15) is 0 Å². The standard InChI is InChI=1S/C12H18N2O2/c1-9-6-12(14-7-11(9)13)16-8-10-2-4-15-5-3-10/h6-7,10H,2-5,8,13H2,1H3. The van der Waals surface area contributed by atoms with Gasteiger partial charge in [0, 0.05) is 19.3 Å². The van der Waals surface area contributed by atoms with E-state index in [0.29, 0.717) is 17.5 Å². The highest BCUT2D eigenvalue weighted by Gasteiger charge is 2.14. The summed E-state index contributed by atoms with van der Waals surface area (Å²) in [4.78, 5) is 4.15. The van der Waals surface area contributed by atoms with E-state index in [0.717, 1.165) is 38.2 Å². The molecule has 2 heterocycles. The van der Waals surface area contributed by atoms with Crippen LogP contribution in [-0.4, -0.2) is 24.8 Å². The van der Waals surface area contributed by atoms with Crippen molar-refractivity contribution in [3.63, 3.8) is 0 Å². The molecule has 0 aliphatic carbocycles. The molecule has 0 amide bonds. The van der Waals surface area contributed by atoms with E-state index in [-0.39, 0.29) is 0 Å². The molecule has 0 saturated carbocycles. The zero-order valence-corrected chi connectivity index (χ0v) is 9.61. The molecule has 0 spiro atoms. The van der Waals surface area contributed by atoms with Crippen LogP contribution in [0.3, 0.4) is 0 Å². The molecule has 2 rings (SSSR count). The van der Waals surface area contributed by atoms with Crippen molar-refractivity contribution < 1.29 is 9.47 Å². The number of nitrogens with two attached hydrogens (primary N) is 1. The van der Waals surface area contributed by atoms with Crippen molar-refractivity contribution in [2.24, 2.45) is 5.92 Å². The Balaban J connectivity index is 1.86. The number of nitrogens with zero attached hydrogens (tertiary/aromatic N) is 1. The summed E-state index contributed by atoms with van der Waals surface area (Å²) < 4.78 is 11.0. The Morgan fingerprint density at radius 3 is 2.94 bits per heavy atom. The summed E-state index contributed by atoms with van der Waals surface area (Å²) in [6.07, 6.45) is 3.80. The maximum atomic E-state index is 5.69. The third-order valence-electron chi connectivity index (χ3n) is 2.93. The second kappa shape index (κ2) is 5.16.